The van der Waals surface area contributed by atoms with E-state index in [1.54, 1.807) is 7.11 Å². The van der Waals surface area contributed by atoms with Gasteiger partial charge in [0, 0.05) is 31.0 Å². The molecule has 0 saturated carbocycles. The van der Waals surface area contributed by atoms with Crippen LogP contribution in [0.4, 0.5) is 0 Å². The number of hydrogen-bond donors (Lipinski definition) is 0. The van der Waals surface area contributed by atoms with Crippen LogP contribution in [0, 0.1) is 5.92 Å². The number of nitrogens with zero attached hydrogens (tertiary/aromatic N) is 1. The van der Waals surface area contributed by atoms with Crippen molar-refractivity contribution in [1.82, 2.24) is 4.90 Å². The first kappa shape index (κ1) is 21.7. The number of Topliss-reactive ketones (excluding diaryl/α,β-unsaturated/α-hetero) is 1. The molecule has 168 valence electrons. The molecule has 33 heavy (non-hydrogen) atoms. The molecule has 0 radical (unpaired) electrons. The average Bonchev–Trinajstić information content (AvgIpc) is 3.33. The molecule has 0 aromatic heterocycles. The van der Waals surface area contributed by atoms with Crippen LogP contribution >= 0.6 is 0 Å². The summed E-state index contributed by atoms with van der Waals surface area (Å²) >= 11 is 0. The molecule has 3 aromatic rings. The minimum Gasteiger partial charge on any atom is -0.496 e. The minimum atomic E-state index is -2.24. The Morgan fingerprint density at radius 3 is 2.15 bits per heavy atom. The summed E-state index contributed by atoms with van der Waals surface area (Å²) in [6.07, 6.45) is 0.897. The number of ether oxygens (including phenoxy) is 1. The van der Waals surface area contributed by atoms with Crippen LogP contribution in [-0.4, -0.2) is 44.9 Å². The molecule has 1 amide bonds. The molecule has 0 bridgehead atoms. The predicted molar refractivity (Wildman–Crippen MR) is 133 cm³/mol. The lowest BCUT2D eigenvalue weighted by Crippen LogP contribution is -2.65. The Morgan fingerprint density at radius 1 is 0.909 bits per heavy atom. The fourth-order valence-electron chi connectivity index (χ4n) is 6.00. The van der Waals surface area contributed by atoms with E-state index in [0.29, 0.717) is 31.7 Å². The molecule has 0 unspecified atom stereocenters. The Labute approximate surface area is 196 Å². The average molecular weight is 456 g/mol. The summed E-state index contributed by atoms with van der Waals surface area (Å²) in [5.74, 6) is 1.05. The number of carbonyl (C=O) groups excluding carboxylic acids is 2. The summed E-state index contributed by atoms with van der Waals surface area (Å²) in [5.41, 5.74) is 1.09. The number of para-hydroxylation sites is 1. The molecule has 3 aromatic carbocycles. The van der Waals surface area contributed by atoms with E-state index in [1.165, 1.54) is 10.4 Å². The number of benzene rings is 3. The highest BCUT2D eigenvalue weighted by atomic mass is 28.3. The third-order valence-electron chi connectivity index (χ3n) is 7.60. The zero-order valence-corrected chi connectivity index (χ0v) is 19.9. The fourth-order valence-corrected chi connectivity index (χ4v) is 11.9. The van der Waals surface area contributed by atoms with Crippen molar-refractivity contribution in [2.75, 3.05) is 20.2 Å². The number of fused-ring (bicyclic) bond motifs is 1. The summed E-state index contributed by atoms with van der Waals surface area (Å²) in [7, 11) is -0.613. The van der Waals surface area contributed by atoms with Crippen LogP contribution in [0.15, 0.2) is 84.9 Å². The standard InChI is InChI=1S/C28H29NO3Si/c1-32-26-15-9-8-10-21(26)18-28(31)29-19-24-25(30)16-17-33(27(24)20-29,22-11-4-2-5-12-22)23-13-6-3-7-14-23/h2-15,24,27H,16-20H2,1H3/t24-,27-/m1/s1. The molecule has 2 aliphatic rings. The second-order valence-electron chi connectivity index (χ2n) is 9.17. The first-order valence-electron chi connectivity index (χ1n) is 11.7. The van der Waals surface area contributed by atoms with Crippen molar-refractivity contribution in [1.29, 1.82) is 0 Å². The van der Waals surface area contributed by atoms with Crippen LogP contribution < -0.4 is 15.1 Å². The highest BCUT2D eigenvalue weighted by molar-refractivity contribution is 7.04. The lowest BCUT2D eigenvalue weighted by molar-refractivity contribution is -0.129. The van der Waals surface area contributed by atoms with Crippen molar-refractivity contribution in [2.45, 2.75) is 24.4 Å². The van der Waals surface area contributed by atoms with Gasteiger partial charge in [-0.25, -0.2) is 0 Å². The van der Waals surface area contributed by atoms with E-state index < -0.39 is 8.07 Å². The predicted octanol–water partition coefficient (Wildman–Crippen LogP) is 3.30. The molecule has 0 N–H and O–H groups in total. The van der Waals surface area contributed by atoms with Gasteiger partial charge in [-0.1, -0.05) is 89.2 Å². The third kappa shape index (κ3) is 3.80. The van der Waals surface area contributed by atoms with E-state index in [0.717, 1.165) is 17.4 Å². The third-order valence-corrected chi connectivity index (χ3v) is 13.2. The van der Waals surface area contributed by atoms with Gasteiger partial charge in [-0.2, -0.15) is 0 Å². The van der Waals surface area contributed by atoms with Crippen LogP contribution in [0.3, 0.4) is 0 Å². The number of ketones is 1. The monoisotopic (exact) mass is 455 g/mol. The van der Waals surface area contributed by atoms with Crippen LogP contribution in [-0.2, 0) is 16.0 Å². The number of rotatable bonds is 5. The Bertz CT molecular complexity index is 1110. The van der Waals surface area contributed by atoms with Crippen molar-refractivity contribution >= 4 is 30.1 Å². The maximum Gasteiger partial charge on any atom is 0.227 e. The lowest BCUT2D eigenvalue weighted by Gasteiger charge is -2.43. The fraction of sp³-hybridized carbons (Fsp3) is 0.286. The summed E-state index contributed by atoms with van der Waals surface area (Å²) in [6.45, 7) is 1.19. The number of methoxy groups -OCH3 is 1. The number of likely N-dealkylation sites (tertiary alicyclic amines) is 1. The van der Waals surface area contributed by atoms with E-state index >= 15 is 0 Å². The molecule has 5 heteroatoms. The molecule has 5 rings (SSSR count). The Kier molecular flexibility index (Phi) is 5.90. The molecule has 2 aliphatic heterocycles. The molecule has 4 nitrogen and oxygen atoms in total. The Balaban J connectivity index is 1.50. The smallest absolute Gasteiger partial charge is 0.227 e. The highest BCUT2D eigenvalue weighted by Gasteiger charge is 2.56. The minimum absolute atomic E-state index is 0.0747. The molecule has 2 atom stereocenters. The Hall–Kier alpha value is -3.18. The van der Waals surface area contributed by atoms with E-state index in [4.69, 9.17) is 4.74 Å². The number of hydrogen-bond acceptors (Lipinski definition) is 3. The van der Waals surface area contributed by atoms with E-state index in [9.17, 15) is 9.59 Å². The van der Waals surface area contributed by atoms with Gasteiger partial charge in [-0.3, -0.25) is 9.59 Å². The van der Waals surface area contributed by atoms with Crippen molar-refractivity contribution < 1.29 is 14.3 Å². The normalized spacial score (nSPS) is 21.5. The molecular formula is C28H29NO3Si. The maximum atomic E-state index is 13.4. The second kappa shape index (κ2) is 8.98. The molecule has 0 aliphatic carbocycles. The van der Waals surface area contributed by atoms with Gasteiger partial charge in [0.05, 0.1) is 13.5 Å². The lowest BCUT2D eigenvalue weighted by atomic mass is 10.00. The van der Waals surface area contributed by atoms with Crippen molar-refractivity contribution in [3.8, 4) is 5.75 Å². The SMILES string of the molecule is COc1ccccc1CC(=O)N1C[C@@H]2C(=O)CC[Si](c3ccccc3)(c3ccccc3)[C@@H]2C1. The van der Waals surface area contributed by atoms with Crippen LogP contribution in [0.1, 0.15) is 12.0 Å². The van der Waals surface area contributed by atoms with Gasteiger partial charge < -0.3 is 9.64 Å². The summed E-state index contributed by atoms with van der Waals surface area (Å²) in [5, 5.41) is 2.75. The largest absolute Gasteiger partial charge is 0.496 e. The molecule has 2 fully saturated rings. The van der Waals surface area contributed by atoms with Crippen molar-refractivity contribution in [3.05, 3.63) is 90.5 Å². The van der Waals surface area contributed by atoms with Crippen molar-refractivity contribution in [3.63, 3.8) is 0 Å². The maximum absolute atomic E-state index is 13.4. The van der Waals surface area contributed by atoms with Gasteiger partial charge in [0.1, 0.15) is 19.6 Å². The van der Waals surface area contributed by atoms with Crippen LogP contribution in [0.2, 0.25) is 11.6 Å². The van der Waals surface area contributed by atoms with Gasteiger partial charge in [0.15, 0.2) is 0 Å². The van der Waals surface area contributed by atoms with Gasteiger partial charge >= 0.3 is 0 Å². The van der Waals surface area contributed by atoms with Gasteiger partial charge in [0.25, 0.3) is 0 Å². The number of amides is 1. The molecule has 2 saturated heterocycles. The summed E-state index contributed by atoms with van der Waals surface area (Å²) < 4.78 is 5.45. The molecule has 0 spiro atoms. The zero-order valence-electron chi connectivity index (χ0n) is 18.9. The van der Waals surface area contributed by atoms with Gasteiger partial charge in [-0.05, 0) is 17.7 Å². The molecular weight excluding hydrogens is 426 g/mol. The first-order chi connectivity index (χ1) is 16.1. The highest BCUT2D eigenvalue weighted by Crippen LogP contribution is 2.44. The van der Waals surface area contributed by atoms with Gasteiger partial charge in [-0.15, -0.1) is 0 Å². The quantitative estimate of drug-likeness (QED) is 0.555. The van der Waals surface area contributed by atoms with E-state index in [1.807, 2.05) is 29.2 Å². The topological polar surface area (TPSA) is 46.6 Å². The second-order valence-corrected chi connectivity index (χ2v) is 13.5. The zero-order chi connectivity index (χ0) is 22.8. The first-order valence-corrected chi connectivity index (χ1v) is 14.0. The van der Waals surface area contributed by atoms with E-state index in [-0.39, 0.29) is 17.4 Å². The molecule has 2 heterocycles. The summed E-state index contributed by atoms with van der Waals surface area (Å²) in [4.78, 5) is 28.5. The summed E-state index contributed by atoms with van der Waals surface area (Å²) in [6, 6.07) is 30.1. The number of carbonyl (C=O) groups is 2. The van der Waals surface area contributed by atoms with Crippen LogP contribution in [0.25, 0.3) is 0 Å². The van der Waals surface area contributed by atoms with Gasteiger partial charge in [0.2, 0.25) is 5.91 Å². The Morgan fingerprint density at radius 2 is 1.52 bits per heavy atom. The van der Waals surface area contributed by atoms with Crippen molar-refractivity contribution in [2.24, 2.45) is 5.92 Å². The van der Waals surface area contributed by atoms with E-state index in [2.05, 4.69) is 60.7 Å². The van der Waals surface area contributed by atoms with Crippen LogP contribution in [0.5, 0.6) is 5.75 Å².